The Morgan fingerprint density at radius 1 is 1.44 bits per heavy atom. The summed E-state index contributed by atoms with van der Waals surface area (Å²) in [6.07, 6.45) is 7.99. The lowest BCUT2D eigenvalue weighted by atomic mass is 9.94. The van der Waals surface area contributed by atoms with Gasteiger partial charge in [0.1, 0.15) is 0 Å². The Hall–Kier alpha value is -1.41. The minimum absolute atomic E-state index is 0.885. The summed E-state index contributed by atoms with van der Waals surface area (Å²) in [5, 5.41) is 3.31. The predicted molar refractivity (Wildman–Crippen MR) is 71.8 cm³/mol. The van der Waals surface area contributed by atoms with Gasteiger partial charge in [-0.25, -0.2) is 0 Å². The standard InChI is InChI=1S/C14H20N2/c1-5-7-16-14-9-13(10-15-6-2)8-11(3)12(14)4/h5,7-9,15H,4,6,10H2,1-3H3/b7-5-,16-14?. The summed E-state index contributed by atoms with van der Waals surface area (Å²) in [6, 6.07) is 0. The Labute approximate surface area is 98.2 Å². The third kappa shape index (κ3) is 3.31. The molecule has 0 aromatic rings. The van der Waals surface area contributed by atoms with Crippen molar-refractivity contribution in [2.75, 3.05) is 13.1 Å². The van der Waals surface area contributed by atoms with Gasteiger partial charge in [-0.05, 0) is 43.2 Å². The zero-order valence-corrected chi connectivity index (χ0v) is 10.4. The molecule has 2 heteroatoms. The molecule has 0 saturated heterocycles. The van der Waals surface area contributed by atoms with Crippen molar-refractivity contribution in [2.45, 2.75) is 20.8 Å². The lowest BCUT2D eigenvalue weighted by molar-refractivity contribution is 0.784. The molecule has 1 rings (SSSR count). The number of likely N-dealkylation sites (N-methyl/N-ethyl adjacent to an activating group) is 1. The van der Waals surface area contributed by atoms with Gasteiger partial charge in [0.05, 0.1) is 5.71 Å². The van der Waals surface area contributed by atoms with Crippen molar-refractivity contribution in [1.82, 2.24) is 5.32 Å². The number of allylic oxidation sites excluding steroid dienone is 4. The fourth-order valence-corrected chi connectivity index (χ4v) is 1.51. The monoisotopic (exact) mass is 216 g/mol. The van der Waals surface area contributed by atoms with Gasteiger partial charge in [0, 0.05) is 12.7 Å². The molecular weight excluding hydrogens is 196 g/mol. The number of hydrogen-bond donors (Lipinski definition) is 1. The summed E-state index contributed by atoms with van der Waals surface area (Å²) in [7, 11) is 0. The van der Waals surface area contributed by atoms with Crippen LogP contribution in [0, 0.1) is 0 Å². The first-order valence-corrected chi connectivity index (χ1v) is 5.67. The van der Waals surface area contributed by atoms with E-state index in [1.54, 1.807) is 6.20 Å². The maximum absolute atomic E-state index is 4.38. The Kier molecular flexibility index (Phi) is 4.93. The van der Waals surface area contributed by atoms with Gasteiger partial charge in [0.2, 0.25) is 0 Å². The molecule has 1 aliphatic carbocycles. The molecule has 16 heavy (non-hydrogen) atoms. The molecule has 0 spiro atoms. The molecule has 86 valence electrons. The van der Waals surface area contributed by atoms with Gasteiger partial charge in [0.15, 0.2) is 0 Å². The Bertz CT molecular complexity index is 382. The second-order valence-corrected chi connectivity index (χ2v) is 3.80. The molecule has 0 atom stereocenters. The number of rotatable bonds is 4. The van der Waals surface area contributed by atoms with Crippen LogP contribution >= 0.6 is 0 Å². The van der Waals surface area contributed by atoms with E-state index in [9.17, 15) is 0 Å². The van der Waals surface area contributed by atoms with Crippen LogP contribution in [0.3, 0.4) is 0 Å². The minimum atomic E-state index is 0.885. The van der Waals surface area contributed by atoms with Gasteiger partial charge in [-0.2, -0.15) is 0 Å². The SMILES string of the molecule is C=C1C(C)=CC(CNCC)=CC1=N/C=C\C. The molecule has 0 aliphatic heterocycles. The van der Waals surface area contributed by atoms with E-state index in [4.69, 9.17) is 0 Å². The minimum Gasteiger partial charge on any atom is -0.313 e. The van der Waals surface area contributed by atoms with E-state index in [1.165, 1.54) is 11.1 Å². The molecule has 1 aliphatic rings. The number of nitrogens with one attached hydrogen (secondary N) is 1. The summed E-state index contributed by atoms with van der Waals surface area (Å²) >= 11 is 0. The first kappa shape index (κ1) is 12.7. The van der Waals surface area contributed by atoms with Crippen molar-refractivity contribution in [3.05, 3.63) is 47.7 Å². The predicted octanol–water partition coefficient (Wildman–Crippen LogP) is 3.01. The summed E-state index contributed by atoms with van der Waals surface area (Å²) in [6.45, 7) is 12.1. The van der Waals surface area contributed by atoms with E-state index in [-0.39, 0.29) is 0 Å². The highest BCUT2D eigenvalue weighted by Gasteiger charge is 2.10. The van der Waals surface area contributed by atoms with Gasteiger partial charge in [0.25, 0.3) is 0 Å². The normalized spacial score (nSPS) is 19.2. The zero-order chi connectivity index (χ0) is 12.0. The number of nitrogens with zero attached hydrogens (tertiary/aromatic N) is 1. The van der Waals surface area contributed by atoms with Gasteiger partial charge in [-0.3, -0.25) is 4.99 Å². The lowest BCUT2D eigenvalue weighted by Crippen LogP contribution is -2.18. The average molecular weight is 216 g/mol. The van der Waals surface area contributed by atoms with Crippen LogP contribution in [0.4, 0.5) is 0 Å². The molecule has 0 heterocycles. The Morgan fingerprint density at radius 3 is 2.81 bits per heavy atom. The molecule has 0 amide bonds. The van der Waals surface area contributed by atoms with Crippen LogP contribution in [0.25, 0.3) is 0 Å². The highest BCUT2D eigenvalue weighted by Crippen LogP contribution is 2.19. The van der Waals surface area contributed by atoms with Gasteiger partial charge < -0.3 is 5.32 Å². The fraction of sp³-hybridized carbons (Fsp3) is 0.357. The van der Waals surface area contributed by atoms with Crippen molar-refractivity contribution in [3.63, 3.8) is 0 Å². The molecule has 2 nitrogen and oxygen atoms in total. The van der Waals surface area contributed by atoms with Crippen LogP contribution in [-0.4, -0.2) is 18.8 Å². The topological polar surface area (TPSA) is 24.4 Å². The third-order valence-corrected chi connectivity index (χ3v) is 2.45. The maximum atomic E-state index is 4.38. The quantitative estimate of drug-likeness (QED) is 0.767. The molecule has 0 aromatic carbocycles. The van der Waals surface area contributed by atoms with Crippen molar-refractivity contribution >= 4 is 5.71 Å². The zero-order valence-electron chi connectivity index (χ0n) is 10.4. The summed E-state index contributed by atoms with van der Waals surface area (Å²) in [5.74, 6) is 0. The molecule has 0 bridgehead atoms. The molecule has 0 saturated carbocycles. The average Bonchev–Trinajstić information content (AvgIpc) is 2.28. The maximum Gasteiger partial charge on any atom is 0.0701 e. The summed E-state index contributed by atoms with van der Waals surface area (Å²) in [4.78, 5) is 4.38. The van der Waals surface area contributed by atoms with Crippen LogP contribution in [0.15, 0.2) is 52.7 Å². The second kappa shape index (κ2) is 6.23. The van der Waals surface area contributed by atoms with Crippen LogP contribution in [0.1, 0.15) is 20.8 Å². The molecule has 0 unspecified atom stereocenters. The van der Waals surface area contributed by atoms with E-state index < -0.39 is 0 Å². The first-order valence-electron chi connectivity index (χ1n) is 5.67. The lowest BCUT2D eigenvalue weighted by Gasteiger charge is -2.15. The van der Waals surface area contributed by atoms with Crippen LogP contribution in [-0.2, 0) is 0 Å². The number of aliphatic imine (C=N–C) groups is 1. The molecule has 0 fully saturated rings. The van der Waals surface area contributed by atoms with Gasteiger partial charge >= 0.3 is 0 Å². The van der Waals surface area contributed by atoms with E-state index >= 15 is 0 Å². The second-order valence-electron chi connectivity index (χ2n) is 3.80. The fourth-order valence-electron chi connectivity index (χ4n) is 1.51. The van der Waals surface area contributed by atoms with Crippen molar-refractivity contribution in [3.8, 4) is 0 Å². The Balaban J connectivity index is 2.90. The molecule has 0 radical (unpaired) electrons. The highest BCUT2D eigenvalue weighted by atomic mass is 14.8. The van der Waals surface area contributed by atoms with E-state index in [0.29, 0.717) is 0 Å². The molecule has 1 N–H and O–H groups in total. The third-order valence-electron chi connectivity index (χ3n) is 2.45. The van der Waals surface area contributed by atoms with Crippen LogP contribution in [0.5, 0.6) is 0 Å². The summed E-state index contributed by atoms with van der Waals surface area (Å²) < 4.78 is 0. The van der Waals surface area contributed by atoms with Crippen molar-refractivity contribution < 1.29 is 0 Å². The van der Waals surface area contributed by atoms with Crippen molar-refractivity contribution in [2.24, 2.45) is 4.99 Å². The molecule has 0 aromatic heterocycles. The smallest absolute Gasteiger partial charge is 0.0701 e. The van der Waals surface area contributed by atoms with Crippen LogP contribution < -0.4 is 5.32 Å². The summed E-state index contributed by atoms with van der Waals surface area (Å²) in [5.41, 5.74) is 4.43. The van der Waals surface area contributed by atoms with Gasteiger partial charge in [-0.1, -0.05) is 25.7 Å². The largest absolute Gasteiger partial charge is 0.313 e. The van der Waals surface area contributed by atoms with E-state index in [1.807, 2.05) is 13.0 Å². The van der Waals surface area contributed by atoms with Gasteiger partial charge in [-0.15, -0.1) is 0 Å². The van der Waals surface area contributed by atoms with E-state index in [2.05, 4.69) is 42.9 Å². The highest BCUT2D eigenvalue weighted by molar-refractivity contribution is 6.13. The van der Waals surface area contributed by atoms with E-state index in [0.717, 1.165) is 24.4 Å². The molecular formula is C14H20N2. The van der Waals surface area contributed by atoms with Crippen LogP contribution in [0.2, 0.25) is 0 Å². The first-order chi connectivity index (χ1) is 7.69. The van der Waals surface area contributed by atoms with Crippen molar-refractivity contribution in [1.29, 1.82) is 0 Å². The number of hydrogen-bond acceptors (Lipinski definition) is 2. The Morgan fingerprint density at radius 2 is 2.19 bits per heavy atom.